The number of rotatable bonds is 11. The van der Waals surface area contributed by atoms with Crippen LogP contribution < -0.4 is 11.3 Å². The van der Waals surface area contributed by atoms with E-state index in [2.05, 4.69) is 12.3 Å². The van der Waals surface area contributed by atoms with Gasteiger partial charge in [0.05, 0.1) is 6.10 Å². The summed E-state index contributed by atoms with van der Waals surface area (Å²) >= 11 is 0. The Bertz CT molecular complexity index is 193. The molecule has 1 aliphatic rings. The molecule has 0 spiro atoms. The molecule has 2 unspecified atom stereocenters. The van der Waals surface area contributed by atoms with Gasteiger partial charge in [-0.2, -0.15) is 0 Å². The fourth-order valence-electron chi connectivity index (χ4n) is 2.93. The quantitative estimate of drug-likeness (QED) is 0.340. The minimum atomic E-state index is 0.443. The van der Waals surface area contributed by atoms with E-state index in [-0.39, 0.29) is 0 Å². The largest absolute Gasteiger partial charge is 0.378 e. The summed E-state index contributed by atoms with van der Waals surface area (Å²) in [5.74, 6) is 5.66. The highest BCUT2D eigenvalue weighted by molar-refractivity contribution is 4.72. The normalized spacial score (nSPS) is 21.5. The lowest BCUT2D eigenvalue weighted by molar-refractivity contribution is 0.00455. The van der Waals surface area contributed by atoms with Gasteiger partial charge in [0, 0.05) is 12.6 Å². The molecule has 1 heterocycles. The molecule has 114 valence electrons. The van der Waals surface area contributed by atoms with Gasteiger partial charge in [0.2, 0.25) is 0 Å². The van der Waals surface area contributed by atoms with Gasteiger partial charge in [-0.3, -0.25) is 11.3 Å². The maximum Gasteiger partial charge on any atom is 0.0590 e. The zero-order chi connectivity index (χ0) is 13.8. The maximum atomic E-state index is 5.79. The summed E-state index contributed by atoms with van der Waals surface area (Å²) in [6.07, 6.45) is 16.1. The van der Waals surface area contributed by atoms with E-state index >= 15 is 0 Å². The van der Waals surface area contributed by atoms with Crippen LogP contribution in [-0.4, -0.2) is 18.8 Å². The van der Waals surface area contributed by atoms with Gasteiger partial charge < -0.3 is 4.74 Å². The Hall–Kier alpha value is -0.120. The molecule has 0 radical (unpaired) electrons. The summed E-state index contributed by atoms with van der Waals surface area (Å²) in [5.41, 5.74) is 2.98. The second kappa shape index (κ2) is 11.7. The first-order chi connectivity index (χ1) is 9.36. The van der Waals surface area contributed by atoms with Gasteiger partial charge in [0.1, 0.15) is 0 Å². The molecule has 1 fully saturated rings. The summed E-state index contributed by atoms with van der Waals surface area (Å²) in [6, 6.07) is 0.443. The van der Waals surface area contributed by atoms with E-state index in [4.69, 9.17) is 10.6 Å². The Morgan fingerprint density at radius 1 is 1.11 bits per heavy atom. The van der Waals surface area contributed by atoms with E-state index in [1.165, 1.54) is 70.6 Å². The average Bonchev–Trinajstić information content (AvgIpc) is 2.46. The first kappa shape index (κ1) is 16.9. The first-order valence-electron chi connectivity index (χ1n) is 8.44. The van der Waals surface area contributed by atoms with E-state index in [1.807, 2.05) is 0 Å². The molecular formula is C16H34N2O. The van der Waals surface area contributed by atoms with Crippen molar-refractivity contribution in [2.45, 2.75) is 96.1 Å². The predicted molar refractivity (Wildman–Crippen MR) is 81.9 cm³/mol. The topological polar surface area (TPSA) is 47.3 Å². The van der Waals surface area contributed by atoms with Crippen molar-refractivity contribution in [3.63, 3.8) is 0 Å². The minimum Gasteiger partial charge on any atom is -0.378 e. The lowest BCUT2D eigenvalue weighted by Gasteiger charge is -2.26. The molecule has 19 heavy (non-hydrogen) atoms. The van der Waals surface area contributed by atoms with Gasteiger partial charge >= 0.3 is 0 Å². The Kier molecular flexibility index (Phi) is 10.4. The molecule has 0 saturated carbocycles. The van der Waals surface area contributed by atoms with Crippen molar-refractivity contribution in [3.8, 4) is 0 Å². The van der Waals surface area contributed by atoms with Gasteiger partial charge in [-0.05, 0) is 32.1 Å². The molecule has 0 bridgehead atoms. The van der Waals surface area contributed by atoms with Crippen LogP contribution in [0.2, 0.25) is 0 Å². The average molecular weight is 270 g/mol. The van der Waals surface area contributed by atoms with Crippen LogP contribution in [0.4, 0.5) is 0 Å². The standard InChI is InChI=1S/C16H34N2O/c1-2-3-4-5-6-7-8-11-15(18-17)14-16-12-9-10-13-19-16/h15-16,18H,2-14,17H2,1H3. The first-order valence-corrected chi connectivity index (χ1v) is 8.44. The lowest BCUT2D eigenvalue weighted by Crippen LogP contribution is -2.39. The van der Waals surface area contributed by atoms with Gasteiger partial charge in [0.25, 0.3) is 0 Å². The highest BCUT2D eigenvalue weighted by Crippen LogP contribution is 2.19. The second-order valence-electron chi connectivity index (χ2n) is 6.00. The summed E-state index contributed by atoms with van der Waals surface area (Å²) in [6.45, 7) is 3.21. The second-order valence-corrected chi connectivity index (χ2v) is 6.00. The van der Waals surface area contributed by atoms with Crippen molar-refractivity contribution in [2.24, 2.45) is 5.84 Å². The van der Waals surface area contributed by atoms with Crippen LogP contribution in [0.25, 0.3) is 0 Å². The molecular weight excluding hydrogens is 236 g/mol. The fourth-order valence-corrected chi connectivity index (χ4v) is 2.93. The molecule has 3 heteroatoms. The van der Waals surface area contributed by atoms with Crippen LogP contribution in [0, 0.1) is 0 Å². The van der Waals surface area contributed by atoms with Crippen molar-refractivity contribution in [3.05, 3.63) is 0 Å². The number of nitrogens with two attached hydrogens (primary N) is 1. The molecule has 0 aromatic carbocycles. The van der Waals surface area contributed by atoms with Gasteiger partial charge in [-0.25, -0.2) is 0 Å². The number of ether oxygens (including phenoxy) is 1. The van der Waals surface area contributed by atoms with E-state index < -0.39 is 0 Å². The zero-order valence-electron chi connectivity index (χ0n) is 12.8. The highest BCUT2D eigenvalue weighted by atomic mass is 16.5. The third kappa shape index (κ3) is 8.61. The Balaban J connectivity index is 1.98. The molecule has 1 aliphatic heterocycles. The van der Waals surface area contributed by atoms with Crippen LogP contribution in [0.15, 0.2) is 0 Å². The maximum absolute atomic E-state index is 5.79. The molecule has 0 amide bonds. The summed E-state index contributed by atoms with van der Waals surface area (Å²) < 4.78 is 5.79. The molecule has 3 N–H and O–H groups in total. The number of unbranched alkanes of at least 4 members (excludes halogenated alkanes) is 6. The Morgan fingerprint density at radius 3 is 2.47 bits per heavy atom. The predicted octanol–water partition coefficient (Wildman–Crippen LogP) is 3.92. The van der Waals surface area contributed by atoms with Crippen LogP contribution in [0.1, 0.15) is 84.0 Å². The number of nitrogens with one attached hydrogen (secondary N) is 1. The van der Waals surface area contributed by atoms with Crippen molar-refractivity contribution >= 4 is 0 Å². The van der Waals surface area contributed by atoms with Crippen LogP contribution in [-0.2, 0) is 4.74 Å². The molecule has 0 aromatic rings. The smallest absolute Gasteiger partial charge is 0.0590 e. The fraction of sp³-hybridized carbons (Fsp3) is 1.00. The van der Waals surface area contributed by atoms with Crippen LogP contribution in [0.3, 0.4) is 0 Å². The Morgan fingerprint density at radius 2 is 1.84 bits per heavy atom. The molecule has 1 rings (SSSR count). The lowest BCUT2D eigenvalue weighted by atomic mass is 9.98. The van der Waals surface area contributed by atoms with Crippen molar-refractivity contribution in [1.29, 1.82) is 0 Å². The number of hydrogen-bond acceptors (Lipinski definition) is 3. The molecule has 0 aliphatic carbocycles. The van der Waals surface area contributed by atoms with Crippen LogP contribution in [0.5, 0.6) is 0 Å². The molecule has 0 aromatic heterocycles. The number of hydrogen-bond donors (Lipinski definition) is 2. The zero-order valence-corrected chi connectivity index (χ0v) is 12.8. The molecule has 1 saturated heterocycles. The summed E-state index contributed by atoms with van der Waals surface area (Å²) in [4.78, 5) is 0. The van der Waals surface area contributed by atoms with E-state index in [9.17, 15) is 0 Å². The summed E-state index contributed by atoms with van der Waals surface area (Å²) in [7, 11) is 0. The highest BCUT2D eigenvalue weighted by Gasteiger charge is 2.18. The van der Waals surface area contributed by atoms with Gasteiger partial charge in [0.15, 0.2) is 0 Å². The van der Waals surface area contributed by atoms with E-state index in [0.29, 0.717) is 12.1 Å². The van der Waals surface area contributed by atoms with Crippen molar-refractivity contribution in [2.75, 3.05) is 6.61 Å². The van der Waals surface area contributed by atoms with E-state index in [0.717, 1.165) is 13.0 Å². The summed E-state index contributed by atoms with van der Waals surface area (Å²) in [5, 5.41) is 0. The Labute approximate surface area is 119 Å². The number of hydrazine groups is 1. The minimum absolute atomic E-state index is 0.443. The molecule has 2 atom stereocenters. The van der Waals surface area contributed by atoms with Gasteiger partial charge in [-0.1, -0.05) is 51.9 Å². The van der Waals surface area contributed by atoms with Crippen molar-refractivity contribution in [1.82, 2.24) is 5.43 Å². The SMILES string of the molecule is CCCCCCCCCC(CC1CCCCO1)NN. The van der Waals surface area contributed by atoms with Crippen molar-refractivity contribution < 1.29 is 4.74 Å². The van der Waals surface area contributed by atoms with Gasteiger partial charge in [-0.15, -0.1) is 0 Å². The van der Waals surface area contributed by atoms with Crippen LogP contribution >= 0.6 is 0 Å². The third-order valence-electron chi connectivity index (χ3n) is 4.21. The van der Waals surface area contributed by atoms with E-state index in [1.54, 1.807) is 0 Å². The third-order valence-corrected chi connectivity index (χ3v) is 4.21. The monoisotopic (exact) mass is 270 g/mol. The molecule has 3 nitrogen and oxygen atoms in total.